The van der Waals surface area contributed by atoms with Gasteiger partial charge in [-0.15, -0.1) is 11.6 Å². The molecule has 0 radical (unpaired) electrons. The van der Waals surface area contributed by atoms with Crippen molar-refractivity contribution in [2.75, 3.05) is 5.88 Å². The molecule has 1 aromatic carbocycles. The second-order valence-electron chi connectivity index (χ2n) is 3.51. The van der Waals surface area contributed by atoms with E-state index in [4.69, 9.17) is 11.6 Å². The Morgan fingerprint density at radius 1 is 1.62 bits per heavy atom. The average molecular weight is 309 g/mol. The van der Waals surface area contributed by atoms with E-state index in [2.05, 4.69) is 21.2 Å². The van der Waals surface area contributed by atoms with E-state index in [0.717, 1.165) is 4.47 Å². The van der Waals surface area contributed by atoms with Crippen LogP contribution in [0, 0.1) is 11.7 Å². The normalized spacial score (nSPS) is 12.2. The van der Waals surface area contributed by atoms with Crippen LogP contribution in [-0.4, -0.2) is 11.8 Å². The van der Waals surface area contributed by atoms with E-state index in [9.17, 15) is 9.18 Å². The maximum absolute atomic E-state index is 12.9. The summed E-state index contributed by atoms with van der Waals surface area (Å²) >= 11 is 8.85. The molecule has 16 heavy (non-hydrogen) atoms. The summed E-state index contributed by atoms with van der Waals surface area (Å²) in [5.74, 6) is -0.422. The maximum atomic E-state index is 12.9. The third-order valence-corrected chi connectivity index (χ3v) is 3.38. The van der Waals surface area contributed by atoms with Gasteiger partial charge in [-0.2, -0.15) is 0 Å². The Morgan fingerprint density at radius 3 is 2.94 bits per heavy atom. The number of rotatable bonds is 4. The number of alkyl halides is 1. The summed E-state index contributed by atoms with van der Waals surface area (Å²) in [4.78, 5) is 11.4. The summed E-state index contributed by atoms with van der Waals surface area (Å²) in [5.41, 5.74) is 0.704. The van der Waals surface area contributed by atoms with Crippen LogP contribution in [0.2, 0.25) is 0 Å². The van der Waals surface area contributed by atoms with Gasteiger partial charge in [0.25, 0.3) is 0 Å². The van der Waals surface area contributed by atoms with E-state index in [1.165, 1.54) is 12.1 Å². The standard InChI is InChI=1S/C11H12BrClFNO/c1-7(5-13)11(16)15-6-8-4-9(14)2-3-10(8)12/h2-4,7H,5-6H2,1H3,(H,15,16). The number of carbonyl (C=O) groups excluding carboxylic acids is 1. The average Bonchev–Trinajstić information content (AvgIpc) is 2.28. The summed E-state index contributed by atoms with van der Waals surface area (Å²) < 4.78 is 13.7. The van der Waals surface area contributed by atoms with E-state index < -0.39 is 0 Å². The number of halogens is 3. The quantitative estimate of drug-likeness (QED) is 0.851. The van der Waals surface area contributed by atoms with Gasteiger partial charge < -0.3 is 5.32 Å². The number of nitrogens with one attached hydrogen (secondary N) is 1. The van der Waals surface area contributed by atoms with E-state index in [0.29, 0.717) is 12.1 Å². The first-order chi connectivity index (χ1) is 7.54. The highest BCUT2D eigenvalue weighted by Crippen LogP contribution is 2.17. The Balaban J connectivity index is 2.61. The van der Waals surface area contributed by atoms with Crippen molar-refractivity contribution >= 4 is 33.4 Å². The number of hydrogen-bond acceptors (Lipinski definition) is 1. The molecule has 0 spiro atoms. The van der Waals surface area contributed by atoms with Gasteiger partial charge in [-0.05, 0) is 23.8 Å². The van der Waals surface area contributed by atoms with Crippen molar-refractivity contribution in [2.24, 2.45) is 5.92 Å². The SMILES string of the molecule is CC(CCl)C(=O)NCc1cc(F)ccc1Br. The van der Waals surface area contributed by atoms with Crippen molar-refractivity contribution in [2.45, 2.75) is 13.5 Å². The zero-order chi connectivity index (χ0) is 12.1. The highest BCUT2D eigenvalue weighted by Gasteiger charge is 2.11. The second kappa shape index (κ2) is 6.21. The lowest BCUT2D eigenvalue weighted by Gasteiger charge is -2.10. The van der Waals surface area contributed by atoms with E-state index >= 15 is 0 Å². The largest absolute Gasteiger partial charge is 0.352 e. The Labute approximate surface area is 107 Å². The molecule has 0 saturated heterocycles. The molecule has 0 aliphatic heterocycles. The molecule has 1 unspecified atom stereocenters. The zero-order valence-corrected chi connectivity index (χ0v) is 11.1. The molecule has 1 atom stereocenters. The van der Waals surface area contributed by atoms with Crippen molar-refractivity contribution in [3.8, 4) is 0 Å². The van der Waals surface area contributed by atoms with Crippen molar-refractivity contribution in [1.29, 1.82) is 0 Å². The minimum Gasteiger partial charge on any atom is -0.352 e. The highest BCUT2D eigenvalue weighted by molar-refractivity contribution is 9.10. The molecule has 1 aromatic rings. The molecule has 1 amide bonds. The first-order valence-electron chi connectivity index (χ1n) is 4.82. The Bertz CT molecular complexity index is 386. The zero-order valence-electron chi connectivity index (χ0n) is 8.77. The van der Waals surface area contributed by atoms with E-state index in [1.54, 1.807) is 13.0 Å². The monoisotopic (exact) mass is 307 g/mol. The Morgan fingerprint density at radius 2 is 2.31 bits per heavy atom. The summed E-state index contributed by atoms with van der Waals surface area (Å²) in [7, 11) is 0. The molecule has 0 bridgehead atoms. The second-order valence-corrected chi connectivity index (χ2v) is 4.67. The van der Waals surface area contributed by atoms with E-state index in [-0.39, 0.29) is 23.5 Å². The molecule has 0 heterocycles. The van der Waals surface area contributed by atoms with Crippen LogP contribution in [0.5, 0.6) is 0 Å². The predicted octanol–water partition coefficient (Wildman–Crippen LogP) is 3.08. The van der Waals surface area contributed by atoms with Crippen LogP contribution in [0.15, 0.2) is 22.7 Å². The van der Waals surface area contributed by atoms with E-state index in [1.807, 2.05) is 0 Å². The van der Waals surface area contributed by atoms with Crippen LogP contribution in [0.4, 0.5) is 4.39 Å². The highest BCUT2D eigenvalue weighted by atomic mass is 79.9. The van der Waals surface area contributed by atoms with Crippen LogP contribution in [0.1, 0.15) is 12.5 Å². The lowest BCUT2D eigenvalue weighted by atomic mass is 10.2. The minimum absolute atomic E-state index is 0.133. The molecule has 88 valence electrons. The third kappa shape index (κ3) is 3.76. The number of carbonyl (C=O) groups is 1. The Kier molecular flexibility index (Phi) is 5.22. The summed E-state index contributed by atoms with van der Waals surface area (Å²) in [5, 5.41) is 2.70. The topological polar surface area (TPSA) is 29.1 Å². The van der Waals surface area contributed by atoms with Crippen molar-refractivity contribution in [3.05, 3.63) is 34.1 Å². The van der Waals surface area contributed by atoms with Gasteiger partial charge in [0.15, 0.2) is 0 Å². The third-order valence-electron chi connectivity index (χ3n) is 2.14. The van der Waals surface area contributed by atoms with Crippen LogP contribution in [-0.2, 0) is 11.3 Å². The number of benzene rings is 1. The fourth-order valence-corrected chi connectivity index (χ4v) is 1.63. The molecule has 2 nitrogen and oxygen atoms in total. The molecule has 1 N–H and O–H groups in total. The fourth-order valence-electron chi connectivity index (χ4n) is 1.11. The molecule has 0 saturated carbocycles. The summed E-state index contributed by atoms with van der Waals surface area (Å²) in [6, 6.07) is 4.36. The predicted molar refractivity (Wildman–Crippen MR) is 65.8 cm³/mol. The number of amides is 1. The molecule has 0 aromatic heterocycles. The van der Waals surface area contributed by atoms with Gasteiger partial charge in [0.1, 0.15) is 5.82 Å². The lowest BCUT2D eigenvalue weighted by Crippen LogP contribution is -2.29. The molecule has 1 rings (SSSR count). The van der Waals surface area contributed by atoms with Gasteiger partial charge in [-0.25, -0.2) is 4.39 Å². The van der Waals surface area contributed by atoms with Crippen LogP contribution < -0.4 is 5.32 Å². The number of hydrogen-bond donors (Lipinski definition) is 1. The lowest BCUT2D eigenvalue weighted by molar-refractivity contribution is -0.124. The van der Waals surface area contributed by atoms with Crippen molar-refractivity contribution in [3.63, 3.8) is 0 Å². The molecular formula is C11H12BrClFNO. The summed E-state index contributed by atoms with van der Waals surface area (Å²) in [6.45, 7) is 2.03. The van der Waals surface area contributed by atoms with Gasteiger partial charge in [-0.3, -0.25) is 4.79 Å². The van der Waals surface area contributed by atoms with Gasteiger partial charge in [-0.1, -0.05) is 22.9 Å². The molecule has 0 fully saturated rings. The van der Waals surface area contributed by atoms with Crippen LogP contribution in [0.3, 0.4) is 0 Å². The maximum Gasteiger partial charge on any atom is 0.224 e. The van der Waals surface area contributed by atoms with Crippen molar-refractivity contribution in [1.82, 2.24) is 5.32 Å². The molecule has 5 heteroatoms. The van der Waals surface area contributed by atoms with Crippen molar-refractivity contribution < 1.29 is 9.18 Å². The van der Waals surface area contributed by atoms with Gasteiger partial charge in [0.2, 0.25) is 5.91 Å². The summed E-state index contributed by atoms with van der Waals surface area (Å²) in [6.07, 6.45) is 0. The molecular weight excluding hydrogens is 296 g/mol. The first kappa shape index (κ1) is 13.5. The first-order valence-corrected chi connectivity index (χ1v) is 6.15. The minimum atomic E-state index is -0.321. The fraction of sp³-hybridized carbons (Fsp3) is 0.364. The van der Waals surface area contributed by atoms with Crippen LogP contribution >= 0.6 is 27.5 Å². The van der Waals surface area contributed by atoms with Gasteiger partial charge in [0.05, 0.1) is 0 Å². The molecule has 0 aliphatic rings. The smallest absolute Gasteiger partial charge is 0.224 e. The molecule has 0 aliphatic carbocycles. The van der Waals surface area contributed by atoms with Gasteiger partial charge >= 0.3 is 0 Å². The van der Waals surface area contributed by atoms with Gasteiger partial charge in [0, 0.05) is 22.8 Å². The van der Waals surface area contributed by atoms with Crippen LogP contribution in [0.25, 0.3) is 0 Å². The Hall–Kier alpha value is -0.610.